The highest BCUT2D eigenvalue weighted by molar-refractivity contribution is 5.83. The molecule has 0 aromatic carbocycles. The van der Waals surface area contributed by atoms with E-state index >= 15 is 0 Å². The van der Waals surface area contributed by atoms with Crippen molar-refractivity contribution in [1.29, 1.82) is 0 Å². The summed E-state index contributed by atoms with van der Waals surface area (Å²) < 4.78 is 0. The van der Waals surface area contributed by atoms with E-state index in [0.29, 0.717) is 12.8 Å². The average Bonchev–Trinajstić information content (AvgIpc) is 1.95. The summed E-state index contributed by atoms with van der Waals surface area (Å²) in [5, 5.41) is 34.6. The molecule has 0 bridgehead atoms. The number of carboxylic acid groups (broad SMARTS) is 1. The van der Waals surface area contributed by atoms with Gasteiger partial charge in [-0.1, -0.05) is 0 Å². The van der Waals surface area contributed by atoms with Gasteiger partial charge in [0, 0.05) is 6.42 Å². The van der Waals surface area contributed by atoms with Crippen LogP contribution in [0.4, 0.5) is 0 Å². The smallest absolute Gasteiger partial charge is 0.370 e. The third-order valence-electron chi connectivity index (χ3n) is 1.41. The summed E-state index contributed by atoms with van der Waals surface area (Å²) in [6.07, 6.45) is 1.97. The van der Waals surface area contributed by atoms with Crippen LogP contribution in [0.15, 0.2) is 11.8 Å². The third-order valence-corrected chi connectivity index (χ3v) is 1.41. The van der Waals surface area contributed by atoms with Gasteiger partial charge >= 0.3 is 5.97 Å². The number of hydrogen-bond acceptors (Lipinski definition) is 4. The first-order chi connectivity index (χ1) is 5.83. The largest absolute Gasteiger partial charge is 0.502 e. The highest BCUT2D eigenvalue weighted by atomic mass is 16.5. The van der Waals surface area contributed by atoms with Gasteiger partial charge in [0.25, 0.3) is 0 Å². The number of unbranched alkanes of at least 4 members (excludes halogenated alkanes) is 1. The van der Waals surface area contributed by atoms with E-state index in [1.54, 1.807) is 0 Å². The number of aliphatic carboxylic acids is 1. The van der Waals surface area contributed by atoms with Crippen LogP contribution in [0, 0.1) is 0 Å². The van der Waals surface area contributed by atoms with Gasteiger partial charge in [0.2, 0.25) is 0 Å². The fraction of sp³-hybridized carbons (Fsp3) is 0.625. The number of carboxylic acids is 1. The van der Waals surface area contributed by atoms with Crippen molar-refractivity contribution >= 4 is 5.97 Å². The molecule has 4 N–H and O–H groups in total. The van der Waals surface area contributed by atoms with Crippen molar-refractivity contribution in [3.8, 4) is 0 Å². The minimum absolute atomic E-state index is 0.135. The molecule has 0 aromatic heterocycles. The maximum absolute atomic E-state index is 10.1. The summed E-state index contributed by atoms with van der Waals surface area (Å²) in [6, 6.07) is 0. The Balaban J connectivity index is 3.68. The Morgan fingerprint density at radius 2 is 1.92 bits per heavy atom. The topological polar surface area (TPSA) is 98.0 Å². The first-order valence-corrected chi connectivity index (χ1v) is 3.90. The Bertz CT molecular complexity index is 201. The first-order valence-electron chi connectivity index (χ1n) is 3.90. The molecule has 0 amide bonds. The second-order valence-electron chi connectivity index (χ2n) is 3.00. The molecule has 0 radical (unpaired) electrons. The van der Waals surface area contributed by atoms with Crippen LogP contribution < -0.4 is 0 Å². The summed E-state index contributed by atoms with van der Waals surface area (Å²) in [7, 11) is 0. The number of aliphatic hydroxyl groups is 3. The van der Waals surface area contributed by atoms with Crippen LogP contribution in [0.5, 0.6) is 0 Å². The molecule has 5 heteroatoms. The van der Waals surface area contributed by atoms with Gasteiger partial charge in [-0.3, -0.25) is 0 Å². The Morgan fingerprint density at radius 1 is 1.38 bits per heavy atom. The molecule has 13 heavy (non-hydrogen) atoms. The molecule has 0 aliphatic heterocycles. The minimum atomic E-state index is -1.73. The lowest BCUT2D eigenvalue weighted by molar-refractivity contribution is -0.149. The van der Waals surface area contributed by atoms with Gasteiger partial charge in [0.1, 0.15) is 0 Å². The average molecular weight is 190 g/mol. The summed E-state index contributed by atoms with van der Waals surface area (Å²) in [6.45, 7) is 1.24. The van der Waals surface area contributed by atoms with Gasteiger partial charge < -0.3 is 20.4 Å². The lowest BCUT2D eigenvalue weighted by Crippen LogP contribution is -2.22. The van der Waals surface area contributed by atoms with Crippen molar-refractivity contribution in [2.45, 2.75) is 32.0 Å². The van der Waals surface area contributed by atoms with E-state index in [9.17, 15) is 4.79 Å². The van der Waals surface area contributed by atoms with E-state index in [1.807, 2.05) is 0 Å². The molecule has 0 atom stereocenters. The molecule has 76 valence electrons. The van der Waals surface area contributed by atoms with Crippen molar-refractivity contribution in [2.75, 3.05) is 0 Å². The predicted octanol–water partition coefficient (Wildman–Crippen LogP) is 0.384. The van der Waals surface area contributed by atoms with Gasteiger partial charge in [0.15, 0.2) is 11.5 Å². The predicted molar refractivity (Wildman–Crippen MR) is 45.0 cm³/mol. The summed E-state index contributed by atoms with van der Waals surface area (Å²) in [5.74, 6) is -3.82. The molecule has 0 unspecified atom stereocenters. The van der Waals surface area contributed by atoms with E-state index in [4.69, 9.17) is 20.4 Å². The van der Waals surface area contributed by atoms with Gasteiger partial charge in [-0.15, -0.1) is 0 Å². The Morgan fingerprint density at radius 3 is 2.31 bits per heavy atom. The maximum Gasteiger partial charge on any atom is 0.370 e. The molecule has 5 nitrogen and oxygen atoms in total. The second-order valence-corrected chi connectivity index (χ2v) is 3.00. The van der Waals surface area contributed by atoms with Crippen LogP contribution in [-0.4, -0.2) is 32.2 Å². The lowest BCUT2D eigenvalue weighted by Gasteiger charge is -2.14. The van der Waals surface area contributed by atoms with Crippen LogP contribution in [0.25, 0.3) is 0 Å². The summed E-state index contributed by atoms with van der Waals surface area (Å²) in [4.78, 5) is 10.1. The Labute approximate surface area is 75.9 Å². The summed E-state index contributed by atoms with van der Waals surface area (Å²) in [5.41, 5.74) is 0. The van der Waals surface area contributed by atoms with Gasteiger partial charge in [-0.25, -0.2) is 4.79 Å². The monoisotopic (exact) mass is 190 g/mol. The lowest BCUT2D eigenvalue weighted by atomic mass is 10.1. The zero-order valence-electron chi connectivity index (χ0n) is 7.40. The van der Waals surface area contributed by atoms with Crippen LogP contribution in [0.3, 0.4) is 0 Å². The van der Waals surface area contributed by atoms with Gasteiger partial charge in [-0.05, 0) is 25.8 Å². The highest BCUT2D eigenvalue weighted by Crippen LogP contribution is 2.10. The number of hydrogen-bond donors (Lipinski definition) is 4. The number of aliphatic hydroxyl groups excluding tert-OH is 1. The molecule has 0 heterocycles. The van der Waals surface area contributed by atoms with E-state index in [-0.39, 0.29) is 6.42 Å². The maximum atomic E-state index is 10.1. The zero-order chi connectivity index (χ0) is 10.5. The van der Waals surface area contributed by atoms with Crippen molar-refractivity contribution in [3.05, 3.63) is 11.8 Å². The van der Waals surface area contributed by atoms with Crippen LogP contribution >= 0.6 is 0 Å². The Hall–Kier alpha value is -1.07. The molecule has 0 spiro atoms. The molecular formula is C8H14O5. The highest BCUT2D eigenvalue weighted by Gasteiger charge is 2.13. The van der Waals surface area contributed by atoms with Crippen molar-refractivity contribution in [1.82, 2.24) is 0 Å². The molecule has 0 aromatic rings. The van der Waals surface area contributed by atoms with Gasteiger partial charge in [0.05, 0.1) is 0 Å². The van der Waals surface area contributed by atoms with E-state index < -0.39 is 17.5 Å². The molecule has 0 aliphatic carbocycles. The molecule has 0 saturated heterocycles. The molecule has 0 aliphatic rings. The number of carbonyl (C=O) groups is 1. The number of allylic oxidation sites excluding steroid dienone is 1. The van der Waals surface area contributed by atoms with Gasteiger partial charge in [-0.2, -0.15) is 0 Å². The fourth-order valence-corrected chi connectivity index (χ4v) is 0.763. The quantitative estimate of drug-likeness (QED) is 0.217. The molecule has 0 saturated carbocycles. The SMILES string of the molecule is CC(O)(O)CCC/C=C(\O)C(=O)O. The van der Waals surface area contributed by atoms with Crippen LogP contribution in [0.1, 0.15) is 26.2 Å². The second kappa shape index (κ2) is 4.84. The molecule has 0 rings (SSSR count). The molecule has 0 fully saturated rings. The fourth-order valence-electron chi connectivity index (χ4n) is 0.763. The van der Waals surface area contributed by atoms with E-state index in [2.05, 4.69) is 0 Å². The first kappa shape index (κ1) is 11.9. The standard InChI is InChI=1S/C8H14O5/c1-8(12,13)5-3-2-4-6(9)7(10)11/h4,9,12-13H,2-3,5H2,1H3,(H,10,11)/b6-4-. The Kier molecular flexibility index (Phi) is 4.44. The van der Waals surface area contributed by atoms with Crippen LogP contribution in [0.2, 0.25) is 0 Å². The van der Waals surface area contributed by atoms with Crippen molar-refractivity contribution < 1.29 is 25.2 Å². The zero-order valence-corrected chi connectivity index (χ0v) is 7.40. The van der Waals surface area contributed by atoms with E-state index in [0.717, 1.165) is 6.08 Å². The van der Waals surface area contributed by atoms with Crippen molar-refractivity contribution in [2.24, 2.45) is 0 Å². The number of rotatable bonds is 5. The minimum Gasteiger partial charge on any atom is -0.502 e. The molecular weight excluding hydrogens is 176 g/mol. The van der Waals surface area contributed by atoms with E-state index in [1.165, 1.54) is 6.92 Å². The normalized spacial score (nSPS) is 13.0. The van der Waals surface area contributed by atoms with Crippen molar-refractivity contribution in [3.63, 3.8) is 0 Å². The summed E-state index contributed by atoms with van der Waals surface area (Å²) >= 11 is 0. The third kappa shape index (κ3) is 7.30. The van der Waals surface area contributed by atoms with Crippen LogP contribution in [-0.2, 0) is 4.79 Å².